The van der Waals surface area contributed by atoms with Gasteiger partial charge in [-0.1, -0.05) is 0 Å². The molecule has 0 radical (unpaired) electrons. The molecule has 1 aromatic rings. The smallest absolute Gasteiger partial charge is 0.318 e. The van der Waals surface area contributed by atoms with E-state index in [-0.39, 0.29) is 17.7 Å². The summed E-state index contributed by atoms with van der Waals surface area (Å²) in [6, 6.07) is 3.85. The van der Waals surface area contributed by atoms with Gasteiger partial charge < -0.3 is 24.1 Å². The largest absolute Gasteiger partial charge is 0.461 e. The molecule has 3 heterocycles. The molecule has 2 fully saturated rings. The van der Waals surface area contributed by atoms with Crippen molar-refractivity contribution in [3.05, 3.63) is 23.7 Å². The summed E-state index contributed by atoms with van der Waals surface area (Å²) in [5.74, 6) is 1.63. The number of carbonyl (C=O) groups excluding carboxylic acids is 1. The molecule has 2 saturated heterocycles. The van der Waals surface area contributed by atoms with Gasteiger partial charge in [0.15, 0.2) is 0 Å². The van der Waals surface area contributed by atoms with Crippen LogP contribution < -0.4 is 5.32 Å². The van der Waals surface area contributed by atoms with Gasteiger partial charge in [-0.2, -0.15) is 0 Å². The number of hydrogen-bond acceptors (Lipinski definition) is 4. The number of carbonyl (C=O) groups is 1. The molecule has 2 aliphatic rings. The number of amides is 2. The van der Waals surface area contributed by atoms with E-state index in [0.29, 0.717) is 13.2 Å². The molecule has 2 amide bonds. The van der Waals surface area contributed by atoms with Crippen molar-refractivity contribution in [1.29, 1.82) is 0 Å². The van der Waals surface area contributed by atoms with Gasteiger partial charge in [0.1, 0.15) is 18.1 Å². The highest BCUT2D eigenvalue weighted by atomic mass is 16.5. The van der Waals surface area contributed by atoms with Crippen LogP contribution in [0.3, 0.4) is 0 Å². The second-order valence-corrected chi connectivity index (χ2v) is 6.65. The van der Waals surface area contributed by atoms with Crippen LogP contribution >= 0.6 is 0 Å². The molecule has 2 atom stereocenters. The van der Waals surface area contributed by atoms with Gasteiger partial charge in [-0.3, -0.25) is 0 Å². The topological polar surface area (TPSA) is 63.9 Å². The molecule has 0 saturated carbocycles. The zero-order valence-corrected chi connectivity index (χ0v) is 14.0. The maximum absolute atomic E-state index is 12.6. The lowest BCUT2D eigenvalue weighted by Crippen LogP contribution is -2.46. The number of ether oxygens (including phenoxy) is 2. The highest BCUT2D eigenvalue weighted by Gasteiger charge is 2.35. The van der Waals surface area contributed by atoms with Crippen molar-refractivity contribution in [3.8, 4) is 0 Å². The van der Waals surface area contributed by atoms with Gasteiger partial charge in [-0.25, -0.2) is 4.79 Å². The van der Waals surface area contributed by atoms with E-state index in [9.17, 15) is 4.79 Å². The number of methoxy groups -OCH3 is 1. The quantitative estimate of drug-likeness (QED) is 0.905. The lowest BCUT2D eigenvalue weighted by atomic mass is 10.0. The molecule has 1 aromatic heterocycles. The Morgan fingerprint density at radius 1 is 1.48 bits per heavy atom. The number of furan rings is 1. The lowest BCUT2D eigenvalue weighted by Gasteiger charge is -2.28. The molecule has 0 bridgehead atoms. The fourth-order valence-electron chi connectivity index (χ4n) is 3.44. The second-order valence-electron chi connectivity index (χ2n) is 6.65. The molecule has 23 heavy (non-hydrogen) atoms. The van der Waals surface area contributed by atoms with E-state index in [4.69, 9.17) is 13.9 Å². The summed E-state index contributed by atoms with van der Waals surface area (Å²) >= 11 is 0. The molecule has 2 aliphatic heterocycles. The van der Waals surface area contributed by atoms with Crippen molar-refractivity contribution in [2.75, 3.05) is 26.8 Å². The maximum atomic E-state index is 12.6. The highest BCUT2D eigenvalue weighted by Crippen LogP contribution is 2.33. The summed E-state index contributed by atoms with van der Waals surface area (Å²) in [5.41, 5.74) is -0.221. The Hall–Kier alpha value is -1.53. The van der Waals surface area contributed by atoms with Crippen LogP contribution in [0.2, 0.25) is 0 Å². The summed E-state index contributed by atoms with van der Waals surface area (Å²) < 4.78 is 16.6. The van der Waals surface area contributed by atoms with Gasteiger partial charge in [-0.05, 0) is 44.7 Å². The van der Waals surface area contributed by atoms with E-state index < -0.39 is 0 Å². The first-order chi connectivity index (χ1) is 11.1. The molecule has 0 aromatic carbocycles. The predicted octanol–water partition coefficient (Wildman–Crippen LogP) is 2.84. The average molecular weight is 322 g/mol. The van der Waals surface area contributed by atoms with Crippen LogP contribution in [-0.2, 0) is 16.1 Å². The first-order valence-electron chi connectivity index (χ1n) is 8.37. The summed E-state index contributed by atoms with van der Waals surface area (Å²) in [6.07, 6.45) is 3.98. The third-order valence-electron chi connectivity index (χ3n) is 4.73. The van der Waals surface area contributed by atoms with Crippen molar-refractivity contribution in [2.45, 2.75) is 50.9 Å². The van der Waals surface area contributed by atoms with Gasteiger partial charge in [0, 0.05) is 26.8 Å². The number of likely N-dealkylation sites (tertiary alicyclic amines) is 1. The van der Waals surface area contributed by atoms with Crippen LogP contribution in [-0.4, -0.2) is 43.3 Å². The SMILES string of the molecule is COCc1ccc([C@@H]2CCCN2C(=O)NC[C@@]2(C)CCCO2)o1. The van der Waals surface area contributed by atoms with Crippen LogP contribution in [0.4, 0.5) is 4.79 Å². The van der Waals surface area contributed by atoms with Gasteiger partial charge in [0.2, 0.25) is 0 Å². The Morgan fingerprint density at radius 3 is 3.09 bits per heavy atom. The van der Waals surface area contributed by atoms with Gasteiger partial charge in [0.25, 0.3) is 0 Å². The number of nitrogens with one attached hydrogen (secondary N) is 1. The minimum Gasteiger partial charge on any atom is -0.461 e. The van der Waals surface area contributed by atoms with Gasteiger partial charge in [0.05, 0.1) is 11.6 Å². The summed E-state index contributed by atoms with van der Waals surface area (Å²) in [7, 11) is 1.64. The van der Waals surface area contributed by atoms with Gasteiger partial charge >= 0.3 is 6.03 Å². The fraction of sp³-hybridized carbons (Fsp3) is 0.706. The highest BCUT2D eigenvalue weighted by molar-refractivity contribution is 5.75. The van der Waals surface area contributed by atoms with Crippen molar-refractivity contribution in [3.63, 3.8) is 0 Å². The van der Waals surface area contributed by atoms with E-state index in [1.165, 1.54) is 0 Å². The molecule has 0 spiro atoms. The summed E-state index contributed by atoms with van der Waals surface area (Å²) in [5, 5.41) is 3.03. The zero-order valence-electron chi connectivity index (χ0n) is 14.0. The first-order valence-corrected chi connectivity index (χ1v) is 8.37. The molecule has 0 aliphatic carbocycles. The minimum absolute atomic E-state index is 0.0120. The van der Waals surface area contributed by atoms with Crippen LogP contribution in [0.5, 0.6) is 0 Å². The molecular formula is C17H26N2O4. The normalized spacial score (nSPS) is 27.6. The molecule has 128 valence electrons. The van der Waals surface area contributed by atoms with Gasteiger partial charge in [-0.15, -0.1) is 0 Å². The van der Waals surface area contributed by atoms with E-state index >= 15 is 0 Å². The predicted molar refractivity (Wildman–Crippen MR) is 85.1 cm³/mol. The van der Waals surface area contributed by atoms with Crippen molar-refractivity contribution < 1.29 is 18.7 Å². The van der Waals surface area contributed by atoms with E-state index in [2.05, 4.69) is 12.2 Å². The molecule has 6 nitrogen and oxygen atoms in total. The van der Waals surface area contributed by atoms with Crippen LogP contribution in [0.15, 0.2) is 16.5 Å². The monoisotopic (exact) mass is 322 g/mol. The Bertz CT molecular complexity index is 536. The number of nitrogens with zero attached hydrogens (tertiary/aromatic N) is 1. The number of hydrogen-bond donors (Lipinski definition) is 1. The molecule has 0 unspecified atom stereocenters. The standard InChI is InChI=1S/C17H26N2O4/c1-17(8-4-10-22-17)12-18-16(20)19-9-3-5-14(19)15-7-6-13(23-15)11-21-2/h6-7,14H,3-5,8-12H2,1-2H3,(H,18,20)/t14-,17+/m0/s1. The van der Waals surface area contributed by atoms with Crippen molar-refractivity contribution in [1.82, 2.24) is 10.2 Å². The molecule has 3 rings (SSSR count). The Kier molecular flexibility index (Phi) is 4.92. The minimum atomic E-state index is -0.221. The zero-order chi connectivity index (χ0) is 16.3. The van der Waals surface area contributed by atoms with Crippen LogP contribution in [0, 0.1) is 0 Å². The van der Waals surface area contributed by atoms with E-state index in [1.807, 2.05) is 17.0 Å². The van der Waals surface area contributed by atoms with Crippen molar-refractivity contribution >= 4 is 6.03 Å². The van der Waals surface area contributed by atoms with Crippen molar-refractivity contribution in [2.24, 2.45) is 0 Å². The maximum Gasteiger partial charge on any atom is 0.318 e. The Balaban J connectivity index is 1.60. The molecule has 6 heteroatoms. The molecular weight excluding hydrogens is 296 g/mol. The van der Waals surface area contributed by atoms with Crippen LogP contribution in [0.1, 0.15) is 50.2 Å². The third-order valence-corrected chi connectivity index (χ3v) is 4.73. The summed E-state index contributed by atoms with van der Waals surface area (Å²) in [6.45, 7) is 4.61. The summed E-state index contributed by atoms with van der Waals surface area (Å²) in [4.78, 5) is 14.4. The Morgan fingerprint density at radius 2 is 2.35 bits per heavy atom. The van der Waals surface area contributed by atoms with Crippen LogP contribution in [0.25, 0.3) is 0 Å². The lowest BCUT2D eigenvalue weighted by molar-refractivity contribution is 0.0217. The van der Waals surface area contributed by atoms with E-state index in [1.54, 1.807) is 7.11 Å². The number of urea groups is 1. The number of rotatable bonds is 5. The molecule has 1 N–H and O–H groups in total. The van der Waals surface area contributed by atoms with E-state index in [0.717, 1.165) is 50.4 Å². The first kappa shape index (κ1) is 16.3. The fourth-order valence-corrected chi connectivity index (χ4v) is 3.44. The third kappa shape index (κ3) is 3.70. The second kappa shape index (κ2) is 6.93. The Labute approximate surface area is 137 Å². The average Bonchev–Trinajstić information content (AvgIpc) is 3.25.